The lowest BCUT2D eigenvalue weighted by Crippen LogP contribution is -2.43. The Kier molecular flexibility index (Phi) is 7.25. The summed E-state index contributed by atoms with van der Waals surface area (Å²) in [5.41, 5.74) is 2.43. The first kappa shape index (κ1) is 23.4. The second-order valence-electron chi connectivity index (χ2n) is 7.45. The third-order valence-electron chi connectivity index (χ3n) is 4.87. The molecule has 30 heavy (non-hydrogen) atoms. The number of alkyl halides is 3. The predicted molar refractivity (Wildman–Crippen MR) is 111 cm³/mol. The first-order valence-electron chi connectivity index (χ1n) is 9.45. The van der Waals surface area contributed by atoms with Crippen molar-refractivity contribution in [2.24, 2.45) is 0 Å². The molecule has 0 aliphatic rings. The number of anilines is 2. The van der Waals surface area contributed by atoms with Gasteiger partial charge in [0.25, 0.3) is 0 Å². The van der Waals surface area contributed by atoms with Crippen LogP contribution in [0.1, 0.15) is 29.2 Å². The summed E-state index contributed by atoms with van der Waals surface area (Å²) < 4.78 is 39.3. The third-order valence-corrected chi connectivity index (χ3v) is 4.87. The van der Waals surface area contributed by atoms with Gasteiger partial charge in [-0.2, -0.15) is 13.2 Å². The van der Waals surface area contributed by atoms with E-state index in [-0.39, 0.29) is 18.1 Å². The van der Waals surface area contributed by atoms with Gasteiger partial charge in [-0.25, -0.2) is 0 Å². The highest BCUT2D eigenvalue weighted by Crippen LogP contribution is 2.34. The van der Waals surface area contributed by atoms with Crippen LogP contribution in [-0.2, 0) is 15.8 Å². The van der Waals surface area contributed by atoms with E-state index >= 15 is 0 Å². The van der Waals surface area contributed by atoms with Crippen molar-refractivity contribution in [3.8, 4) is 0 Å². The van der Waals surface area contributed by atoms with Crippen molar-refractivity contribution in [1.82, 2.24) is 4.90 Å². The number of benzene rings is 2. The monoisotopic (exact) mass is 421 g/mol. The van der Waals surface area contributed by atoms with E-state index in [1.165, 1.54) is 30.0 Å². The smallest absolute Gasteiger partial charge is 0.324 e. The van der Waals surface area contributed by atoms with Crippen molar-refractivity contribution in [1.29, 1.82) is 0 Å². The molecule has 0 spiro atoms. The molecular formula is C22H26F3N3O2. The molecule has 8 heteroatoms. The fraction of sp³-hybridized carbons (Fsp3) is 0.364. The molecule has 0 bridgehead atoms. The number of para-hydroxylation sites is 1. The summed E-state index contributed by atoms with van der Waals surface area (Å²) in [6.07, 6.45) is -4.58. The zero-order valence-corrected chi connectivity index (χ0v) is 17.6. The van der Waals surface area contributed by atoms with Crippen LogP contribution in [0.25, 0.3) is 0 Å². The number of carbonyl (C=O) groups excluding carboxylic acids is 2. The summed E-state index contributed by atoms with van der Waals surface area (Å²) in [5, 5.41) is 5.16. The van der Waals surface area contributed by atoms with Crippen molar-refractivity contribution in [2.75, 3.05) is 24.2 Å². The Bertz CT molecular complexity index is 918. The van der Waals surface area contributed by atoms with E-state index in [0.717, 1.165) is 28.4 Å². The molecule has 0 heterocycles. The lowest BCUT2D eigenvalue weighted by molar-refractivity contribution is -0.137. The highest BCUT2D eigenvalue weighted by atomic mass is 19.4. The summed E-state index contributed by atoms with van der Waals surface area (Å²) >= 11 is 0. The van der Waals surface area contributed by atoms with Crippen LogP contribution in [0.5, 0.6) is 0 Å². The number of rotatable bonds is 6. The van der Waals surface area contributed by atoms with E-state index in [4.69, 9.17) is 0 Å². The number of nitrogens with one attached hydrogen (secondary N) is 2. The SMILES string of the molecule is Cc1cc(C)c(NC(=O)CN(C)C(C)C(=O)Nc2ccccc2C(F)(F)F)c(C)c1. The van der Waals surface area contributed by atoms with Gasteiger partial charge in [-0.15, -0.1) is 0 Å². The molecule has 162 valence electrons. The van der Waals surface area contributed by atoms with Crippen LogP contribution >= 0.6 is 0 Å². The molecule has 1 atom stereocenters. The normalized spacial score (nSPS) is 12.6. The molecule has 2 amide bonds. The molecule has 2 aromatic rings. The molecule has 0 aliphatic heterocycles. The van der Waals surface area contributed by atoms with Crippen molar-refractivity contribution in [3.63, 3.8) is 0 Å². The molecule has 0 saturated carbocycles. The van der Waals surface area contributed by atoms with E-state index in [1.54, 1.807) is 7.05 Å². The maximum atomic E-state index is 13.1. The van der Waals surface area contributed by atoms with Gasteiger partial charge in [0.05, 0.1) is 23.8 Å². The lowest BCUT2D eigenvalue weighted by Gasteiger charge is -2.24. The Morgan fingerprint density at radius 2 is 1.60 bits per heavy atom. The van der Waals surface area contributed by atoms with Crippen LogP contribution in [0.4, 0.5) is 24.5 Å². The largest absolute Gasteiger partial charge is 0.418 e. The van der Waals surface area contributed by atoms with Gasteiger partial charge in [-0.3, -0.25) is 14.5 Å². The quantitative estimate of drug-likeness (QED) is 0.721. The van der Waals surface area contributed by atoms with Gasteiger partial charge >= 0.3 is 6.18 Å². The highest BCUT2D eigenvalue weighted by Gasteiger charge is 2.34. The van der Waals surface area contributed by atoms with E-state index < -0.39 is 23.7 Å². The standard InChI is InChI=1S/C22H26F3N3O2/c1-13-10-14(2)20(15(3)11-13)27-19(29)12-28(5)16(4)21(30)26-18-9-7-6-8-17(18)22(23,24)25/h6-11,16H,12H2,1-5H3,(H,26,30)(H,27,29). The number of hydrogen-bond donors (Lipinski definition) is 2. The number of aryl methyl sites for hydroxylation is 3. The lowest BCUT2D eigenvalue weighted by atomic mass is 10.1. The van der Waals surface area contributed by atoms with Crippen LogP contribution in [0.2, 0.25) is 0 Å². The minimum absolute atomic E-state index is 0.0950. The molecule has 1 unspecified atom stereocenters. The molecule has 2 N–H and O–H groups in total. The molecule has 0 radical (unpaired) electrons. The first-order valence-corrected chi connectivity index (χ1v) is 9.45. The van der Waals surface area contributed by atoms with Gasteiger partial charge in [-0.05, 0) is 58.0 Å². The number of carbonyl (C=O) groups is 2. The zero-order valence-electron chi connectivity index (χ0n) is 17.6. The van der Waals surface area contributed by atoms with E-state index in [1.807, 2.05) is 32.9 Å². The number of halogens is 3. The third kappa shape index (κ3) is 5.82. The fourth-order valence-corrected chi connectivity index (χ4v) is 3.20. The zero-order chi connectivity index (χ0) is 22.6. The van der Waals surface area contributed by atoms with Crippen molar-refractivity contribution < 1.29 is 22.8 Å². The first-order chi connectivity index (χ1) is 13.9. The van der Waals surface area contributed by atoms with Crippen molar-refractivity contribution in [3.05, 3.63) is 58.7 Å². The minimum atomic E-state index is -4.58. The summed E-state index contributed by atoms with van der Waals surface area (Å²) in [6, 6.07) is 7.87. The van der Waals surface area contributed by atoms with Crippen molar-refractivity contribution in [2.45, 2.75) is 39.9 Å². The molecule has 0 fully saturated rings. The maximum absolute atomic E-state index is 13.1. The summed E-state index contributed by atoms with van der Waals surface area (Å²) in [7, 11) is 1.56. The Labute approximate surface area is 174 Å². The predicted octanol–water partition coefficient (Wildman–Crippen LogP) is 4.53. The molecular weight excluding hydrogens is 395 g/mol. The molecule has 5 nitrogen and oxygen atoms in total. The van der Waals surface area contributed by atoms with Crippen LogP contribution in [0.3, 0.4) is 0 Å². The van der Waals surface area contributed by atoms with Gasteiger partial charge in [0.1, 0.15) is 0 Å². The van der Waals surface area contributed by atoms with Crippen LogP contribution < -0.4 is 10.6 Å². The summed E-state index contributed by atoms with van der Waals surface area (Å²) in [5.74, 6) is -0.951. The van der Waals surface area contributed by atoms with Crippen LogP contribution in [0.15, 0.2) is 36.4 Å². The number of hydrogen-bond acceptors (Lipinski definition) is 3. The van der Waals surface area contributed by atoms with Crippen LogP contribution in [-0.4, -0.2) is 36.3 Å². The van der Waals surface area contributed by atoms with Gasteiger partial charge in [0.15, 0.2) is 0 Å². The van der Waals surface area contributed by atoms with E-state index in [2.05, 4.69) is 10.6 Å². The average molecular weight is 421 g/mol. The molecule has 2 aromatic carbocycles. The molecule has 0 aliphatic carbocycles. The Morgan fingerprint density at radius 1 is 1.03 bits per heavy atom. The number of likely N-dealkylation sites (N-methyl/N-ethyl adjacent to an activating group) is 1. The molecule has 0 aromatic heterocycles. The fourth-order valence-electron chi connectivity index (χ4n) is 3.20. The van der Waals surface area contributed by atoms with Crippen molar-refractivity contribution >= 4 is 23.2 Å². The Morgan fingerprint density at radius 3 is 2.17 bits per heavy atom. The number of nitrogens with zero attached hydrogens (tertiary/aromatic N) is 1. The van der Waals surface area contributed by atoms with Gasteiger partial charge in [0.2, 0.25) is 11.8 Å². The molecule has 2 rings (SSSR count). The topological polar surface area (TPSA) is 61.4 Å². The average Bonchev–Trinajstić information content (AvgIpc) is 2.63. The highest BCUT2D eigenvalue weighted by molar-refractivity contribution is 5.97. The minimum Gasteiger partial charge on any atom is -0.324 e. The van der Waals surface area contributed by atoms with Gasteiger partial charge < -0.3 is 10.6 Å². The number of amides is 2. The summed E-state index contributed by atoms with van der Waals surface area (Å²) in [6.45, 7) is 7.20. The Balaban J connectivity index is 2.03. The second kappa shape index (κ2) is 9.30. The van der Waals surface area contributed by atoms with Gasteiger partial charge in [0, 0.05) is 5.69 Å². The van der Waals surface area contributed by atoms with Gasteiger partial charge in [-0.1, -0.05) is 29.8 Å². The Hall–Kier alpha value is -2.87. The second-order valence-corrected chi connectivity index (χ2v) is 7.45. The van der Waals surface area contributed by atoms with E-state index in [9.17, 15) is 22.8 Å². The van der Waals surface area contributed by atoms with Crippen LogP contribution in [0, 0.1) is 20.8 Å². The summed E-state index contributed by atoms with van der Waals surface area (Å²) in [4.78, 5) is 26.4. The van der Waals surface area contributed by atoms with E-state index in [0.29, 0.717) is 0 Å². The maximum Gasteiger partial charge on any atom is 0.418 e. The molecule has 0 saturated heterocycles.